The van der Waals surface area contributed by atoms with E-state index in [4.69, 9.17) is 21.1 Å². The van der Waals surface area contributed by atoms with Crippen molar-refractivity contribution in [3.05, 3.63) is 41.4 Å². The van der Waals surface area contributed by atoms with Crippen LogP contribution < -0.4 is 14.8 Å². The number of rotatable bonds is 5. The summed E-state index contributed by atoms with van der Waals surface area (Å²) in [6.45, 7) is 0.535. The maximum atomic E-state index is 6.09. The van der Waals surface area contributed by atoms with Gasteiger partial charge in [0, 0.05) is 18.5 Å². The lowest BCUT2D eigenvalue weighted by atomic mass is 10.2. The molecule has 2 aromatic rings. The van der Waals surface area contributed by atoms with Gasteiger partial charge in [-0.05, 0) is 6.07 Å². The lowest BCUT2D eigenvalue weighted by molar-refractivity contribution is 0.395. The Morgan fingerprint density at radius 3 is 2.58 bits per heavy atom. The minimum Gasteiger partial charge on any atom is -0.495 e. The van der Waals surface area contributed by atoms with E-state index in [0.717, 1.165) is 11.4 Å². The molecule has 0 saturated carbocycles. The molecule has 1 heterocycles. The molecule has 19 heavy (non-hydrogen) atoms. The van der Waals surface area contributed by atoms with E-state index in [1.54, 1.807) is 44.9 Å². The van der Waals surface area contributed by atoms with Gasteiger partial charge in [-0.1, -0.05) is 11.6 Å². The number of ether oxygens (including phenoxy) is 2. The van der Waals surface area contributed by atoms with Crippen LogP contribution in [0.1, 0.15) is 5.69 Å². The third-order valence-electron chi connectivity index (χ3n) is 2.55. The summed E-state index contributed by atoms with van der Waals surface area (Å²) in [7, 11) is 3.16. The molecule has 0 bridgehead atoms. The van der Waals surface area contributed by atoms with Crippen molar-refractivity contribution in [2.45, 2.75) is 6.54 Å². The Kier molecular flexibility index (Phi) is 4.41. The first-order valence-corrected chi connectivity index (χ1v) is 6.02. The highest BCUT2D eigenvalue weighted by atomic mass is 35.5. The molecule has 100 valence electrons. The summed E-state index contributed by atoms with van der Waals surface area (Å²) in [6, 6.07) is 3.50. The molecule has 0 aliphatic carbocycles. The maximum absolute atomic E-state index is 6.09. The lowest BCUT2D eigenvalue weighted by Crippen LogP contribution is -2.03. The van der Waals surface area contributed by atoms with E-state index in [1.807, 2.05) is 0 Å². The van der Waals surface area contributed by atoms with Crippen molar-refractivity contribution in [2.75, 3.05) is 19.5 Å². The first-order valence-electron chi connectivity index (χ1n) is 5.65. The van der Waals surface area contributed by atoms with Gasteiger partial charge in [0.2, 0.25) is 0 Å². The number of aromatic nitrogens is 2. The van der Waals surface area contributed by atoms with Gasteiger partial charge in [0.1, 0.15) is 11.5 Å². The second kappa shape index (κ2) is 6.24. The number of nitrogens with one attached hydrogen (secondary N) is 1. The highest BCUT2D eigenvalue weighted by Gasteiger charge is 2.09. The zero-order valence-electron chi connectivity index (χ0n) is 10.7. The van der Waals surface area contributed by atoms with Crippen LogP contribution in [0.2, 0.25) is 5.02 Å². The largest absolute Gasteiger partial charge is 0.495 e. The number of benzene rings is 1. The fourth-order valence-corrected chi connectivity index (χ4v) is 1.85. The van der Waals surface area contributed by atoms with Gasteiger partial charge in [-0.3, -0.25) is 9.97 Å². The fraction of sp³-hybridized carbons (Fsp3) is 0.231. The van der Waals surface area contributed by atoms with Crippen LogP contribution in [-0.4, -0.2) is 24.2 Å². The van der Waals surface area contributed by atoms with Gasteiger partial charge in [0.05, 0.1) is 43.4 Å². The monoisotopic (exact) mass is 279 g/mol. The Morgan fingerprint density at radius 1 is 1.16 bits per heavy atom. The number of hydrogen-bond acceptors (Lipinski definition) is 5. The van der Waals surface area contributed by atoms with Crippen molar-refractivity contribution in [1.29, 1.82) is 0 Å². The summed E-state index contributed by atoms with van der Waals surface area (Å²) in [4.78, 5) is 8.19. The van der Waals surface area contributed by atoms with Gasteiger partial charge in [-0.15, -0.1) is 0 Å². The Labute approximate surface area is 116 Å². The molecule has 0 fully saturated rings. The van der Waals surface area contributed by atoms with Crippen molar-refractivity contribution in [3.8, 4) is 11.5 Å². The van der Waals surface area contributed by atoms with Gasteiger partial charge in [-0.2, -0.15) is 0 Å². The number of hydrogen-bond donors (Lipinski definition) is 1. The smallest absolute Gasteiger partial charge is 0.145 e. The predicted octanol–water partition coefficient (Wildman–Crippen LogP) is 2.76. The van der Waals surface area contributed by atoms with Crippen molar-refractivity contribution in [2.24, 2.45) is 0 Å². The van der Waals surface area contributed by atoms with Gasteiger partial charge in [0.25, 0.3) is 0 Å². The Hall–Kier alpha value is -2.01. The summed E-state index contributed by atoms with van der Waals surface area (Å²) in [6.07, 6.45) is 4.98. The van der Waals surface area contributed by atoms with Crippen molar-refractivity contribution in [3.63, 3.8) is 0 Å². The predicted molar refractivity (Wildman–Crippen MR) is 73.9 cm³/mol. The zero-order valence-corrected chi connectivity index (χ0v) is 11.4. The summed E-state index contributed by atoms with van der Waals surface area (Å²) in [5, 5.41) is 3.72. The van der Waals surface area contributed by atoms with E-state index in [1.165, 1.54) is 0 Å². The Morgan fingerprint density at radius 2 is 1.95 bits per heavy atom. The van der Waals surface area contributed by atoms with Gasteiger partial charge >= 0.3 is 0 Å². The molecule has 1 N–H and O–H groups in total. The van der Waals surface area contributed by atoms with Gasteiger partial charge in [-0.25, -0.2) is 0 Å². The van der Waals surface area contributed by atoms with E-state index >= 15 is 0 Å². The number of nitrogens with zero attached hydrogens (tertiary/aromatic N) is 2. The van der Waals surface area contributed by atoms with Gasteiger partial charge < -0.3 is 14.8 Å². The van der Waals surface area contributed by atoms with E-state index in [9.17, 15) is 0 Å². The maximum Gasteiger partial charge on any atom is 0.145 e. The van der Waals surface area contributed by atoms with Crippen LogP contribution in [-0.2, 0) is 6.54 Å². The minimum absolute atomic E-state index is 0.518. The quantitative estimate of drug-likeness (QED) is 0.912. The van der Waals surface area contributed by atoms with Crippen LogP contribution in [0.3, 0.4) is 0 Å². The third kappa shape index (κ3) is 3.26. The number of methoxy groups -OCH3 is 2. The summed E-state index contributed by atoms with van der Waals surface area (Å²) in [5.74, 6) is 1.23. The summed E-state index contributed by atoms with van der Waals surface area (Å²) in [5.41, 5.74) is 1.61. The highest BCUT2D eigenvalue weighted by molar-refractivity contribution is 6.32. The molecule has 5 nitrogen and oxygen atoms in total. The molecule has 0 amide bonds. The first-order chi connectivity index (χ1) is 9.24. The third-order valence-corrected chi connectivity index (χ3v) is 2.85. The topological polar surface area (TPSA) is 56.3 Å². The molecule has 0 unspecified atom stereocenters. The highest BCUT2D eigenvalue weighted by Crippen LogP contribution is 2.35. The lowest BCUT2D eigenvalue weighted by Gasteiger charge is -2.13. The summed E-state index contributed by atoms with van der Waals surface area (Å²) >= 11 is 6.09. The van der Waals surface area contributed by atoms with Crippen molar-refractivity contribution in [1.82, 2.24) is 9.97 Å². The normalized spacial score (nSPS) is 10.1. The average molecular weight is 280 g/mol. The van der Waals surface area contributed by atoms with Crippen LogP contribution in [0.5, 0.6) is 11.5 Å². The van der Waals surface area contributed by atoms with Crippen LogP contribution in [0, 0.1) is 0 Å². The van der Waals surface area contributed by atoms with Crippen LogP contribution in [0.15, 0.2) is 30.7 Å². The Bertz CT molecular complexity index is 549. The molecular formula is C13H14ClN3O2. The molecule has 2 rings (SSSR count). The number of anilines is 1. The second-order valence-electron chi connectivity index (χ2n) is 3.74. The van der Waals surface area contributed by atoms with E-state index in [2.05, 4.69) is 15.3 Å². The first kappa shape index (κ1) is 13.4. The molecule has 0 spiro atoms. The molecule has 1 aromatic heterocycles. The summed E-state index contributed by atoms with van der Waals surface area (Å²) < 4.78 is 10.4. The average Bonchev–Trinajstić information content (AvgIpc) is 2.46. The van der Waals surface area contributed by atoms with Crippen molar-refractivity contribution < 1.29 is 9.47 Å². The van der Waals surface area contributed by atoms with E-state index < -0.39 is 0 Å². The molecule has 0 atom stereocenters. The van der Waals surface area contributed by atoms with Crippen molar-refractivity contribution >= 4 is 17.3 Å². The minimum atomic E-state index is 0.518. The van der Waals surface area contributed by atoms with Crippen LogP contribution >= 0.6 is 11.6 Å². The molecule has 0 aliphatic heterocycles. The van der Waals surface area contributed by atoms with Gasteiger partial charge in [0.15, 0.2) is 0 Å². The second-order valence-corrected chi connectivity index (χ2v) is 4.14. The molecule has 6 heteroatoms. The van der Waals surface area contributed by atoms with E-state index in [0.29, 0.717) is 23.1 Å². The molecule has 0 aliphatic rings. The van der Waals surface area contributed by atoms with E-state index in [-0.39, 0.29) is 0 Å². The van der Waals surface area contributed by atoms with Crippen LogP contribution in [0.4, 0.5) is 5.69 Å². The molecular weight excluding hydrogens is 266 g/mol. The molecule has 0 saturated heterocycles. The Balaban J connectivity index is 2.18. The fourth-order valence-electron chi connectivity index (χ4n) is 1.61. The zero-order chi connectivity index (χ0) is 13.7. The van der Waals surface area contributed by atoms with Crippen LogP contribution in [0.25, 0.3) is 0 Å². The number of halogens is 1. The molecule has 0 radical (unpaired) electrons. The molecule has 1 aromatic carbocycles. The SMILES string of the molecule is COc1cc(OC)c(NCc2cnccn2)cc1Cl. The standard InChI is InChI=1S/C13H14ClN3O2/c1-18-12-6-13(19-2)11(5-10(12)14)17-8-9-7-15-3-4-16-9/h3-7,17H,8H2,1-2H3.